The first kappa shape index (κ1) is 7.96. The van der Waals surface area contributed by atoms with Gasteiger partial charge in [-0.05, 0) is 36.9 Å². The minimum atomic E-state index is 0.786. The Hall–Kier alpha value is -0.140. The molecule has 0 atom stereocenters. The fourth-order valence-electron chi connectivity index (χ4n) is 0.649. The Labute approximate surface area is 70.6 Å². The SMILES string of the molecule is [CH2]CSc1ccc(Cl)cc1. The van der Waals surface area contributed by atoms with E-state index in [1.807, 2.05) is 24.3 Å². The second kappa shape index (κ2) is 3.89. The summed E-state index contributed by atoms with van der Waals surface area (Å²) < 4.78 is 0. The van der Waals surface area contributed by atoms with E-state index < -0.39 is 0 Å². The maximum absolute atomic E-state index is 5.69. The summed E-state index contributed by atoms with van der Waals surface area (Å²) in [5.41, 5.74) is 0. The van der Waals surface area contributed by atoms with Crippen LogP contribution >= 0.6 is 23.4 Å². The number of benzene rings is 1. The molecule has 0 fully saturated rings. The first-order valence-corrected chi connectivity index (χ1v) is 4.37. The first-order chi connectivity index (χ1) is 4.83. The van der Waals surface area contributed by atoms with Gasteiger partial charge in [0.2, 0.25) is 0 Å². The van der Waals surface area contributed by atoms with Crippen molar-refractivity contribution in [2.75, 3.05) is 5.75 Å². The van der Waals surface area contributed by atoms with E-state index in [9.17, 15) is 0 Å². The van der Waals surface area contributed by atoms with Crippen LogP contribution < -0.4 is 0 Å². The lowest BCUT2D eigenvalue weighted by molar-refractivity contribution is 1.46. The molecule has 0 amide bonds. The van der Waals surface area contributed by atoms with Crippen molar-refractivity contribution in [3.05, 3.63) is 36.2 Å². The van der Waals surface area contributed by atoms with Crippen molar-refractivity contribution in [1.82, 2.24) is 0 Å². The van der Waals surface area contributed by atoms with Crippen LogP contribution in [-0.2, 0) is 0 Å². The first-order valence-electron chi connectivity index (χ1n) is 3.00. The zero-order chi connectivity index (χ0) is 7.40. The lowest BCUT2D eigenvalue weighted by Gasteiger charge is -1.95. The van der Waals surface area contributed by atoms with Crippen LogP contribution in [-0.4, -0.2) is 5.75 Å². The van der Waals surface area contributed by atoms with Gasteiger partial charge >= 0.3 is 0 Å². The van der Waals surface area contributed by atoms with Crippen molar-refractivity contribution < 1.29 is 0 Å². The monoisotopic (exact) mass is 171 g/mol. The summed E-state index contributed by atoms with van der Waals surface area (Å²) >= 11 is 7.40. The summed E-state index contributed by atoms with van der Waals surface area (Å²) in [7, 11) is 0. The van der Waals surface area contributed by atoms with Gasteiger partial charge in [0, 0.05) is 9.92 Å². The molecule has 0 saturated carbocycles. The fourth-order valence-corrected chi connectivity index (χ4v) is 1.34. The molecule has 0 saturated heterocycles. The second-order valence-corrected chi connectivity index (χ2v) is 3.41. The normalized spacial score (nSPS) is 9.80. The average Bonchev–Trinajstić information content (AvgIpc) is 1.95. The lowest BCUT2D eigenvalue weighted by Crippen LogP contribution is -1.70. The molecular weight excluding hydrogens is 164 g/mol. The van der Waals surface area contributed by atoms with Crippen molar-refractivity contribution in [3.63, 3.8) is 0 Å². The smallest absolute Gasteiger partial charge is 0.0406 e. The summed E-state index contributed by atoms with van der Waals surface area (Å²) in [6.07, 6.45) is 0. The largest absolute Gasteiger partial charge is 0.126 e. The van der Waals surface area contributed by atoms with E-state index in [0.29, 0.717) is 0 Å². The van der Waals surface area contributed by atoms with Crippen molar-refractivity contribution in [1.29, 1.82) is 0 Å². The third-order valence-electron chi connectivity index (χ3n) is 1.08. The number of rotatable bonds is 2. The Bertz CT molecular complexity index is 193. The molecule has 53 valence electrons. The summed E-state index contributed by atoms with van der Waals surface area (Å²) in [4.78, 5) is 1.22. The second-order valence-electron chi connectivity index (χ2n) is 1.80. The van der Waals surface area contributed by atoms with Gasteiger partial charge in [-0.3, -0.25) is 0 Å². The van der Waals surface area contributed by atoms with Gasteiger partial charge in [0.25, 0.3) is 0 Å². The third-order valence-corrected chi connectivity index (χ3v) is 2.14. The molecule has 0 aliphatic carbocycles. The van der Waals surface area contributed by atoms with Gasteiger partial charge in [-0.15, -0.1) is 11.8 Å². The molecular formula is C8H8ClS. The summed E-state index contributed by atoms with van der Waals surface area (Å²) in [6, 6.07) is 7.77. The van der Waals surface area contributed by atoms with Crippen molar-refractivity contribution in [2.24, 2.45) is 0 Å². The molecule has 0 aromatic heterocycles. The highest BCUT2D eigenvalue weighted by molar-refractivity contribution is 7.99. The number of hydrogen-bond donors (Lipinski definition) is 0. The molecule has 0 aliphatic heterocycles. The molecule has 0 aliphatic rings. The molecule has 0 heterocycles. The Morgan fingerprint density at radius 1 is 1.30 bits per heavy atom. The minimum absolute atomic E-state index is 0.786. The molecule has 0 unspecified atom stereocenters. The molecule has 0 N–H and O–H groups in total. The fraction of sp³-hybridized carbons (Fsp3) is 0.125. The van der Waals surface area contributed by atoms with E-state index in [1.54, 1.807) is 11.8 Å². The summed E-state index contributed by atoms with van der Waals surface area (Å²) in [5.74, 6) is 0.863. The van der Waals surface area contributed by atoms with Crippen LogP contribution in [0, 0.1) is 6.92 Å². The topological polar surface area (TPSA) is 0 Å². The number of halogens is 1. The van der Waals surface area contributed by atoms with Crippen LogP contribution in [0.15, 0.2) is 29.2 Å². The highest BCUT2D eigenvalue weighted by Gasteiger charge is 1.89. The zero-order valence-corrected chi connectivity index (χ0v) is 7.08. The maximum atomic E-state index is 5.69. The van der Waals surface area contributed by atoms with Gasteiger partial charge in [-0.25, -0.2) is 0 Å². The van der Waals surface area contributed by atoms with E-state index in [0.717, 1.165) is 10.8 Å². The minimum Gasteiger partial charge on any atom is -0.126 e. The van der Waals surface area contributed by atoms with Crippen LogP contribution in [0.2, 0.25) is 5.02 Å². The highest BCUT2D eigenvalue weighted by Crippen LogP contribution is 2.19. The molecule has 0 spiro atoms. The van der Waals surface area contributed by atoms with E-state index in [2.05, 4.69) is 6.92 Å². The van der Waals surface area contributed by atoms with Crippen LogP contribution in [0.25, 0.3) is 0 Å². The van der Waals surface area contributed by atoms with Gasteiger partial charge in [0.05, 0.1) is 0 Å². The molecule has 0 nitrogen and oxygen atoms in total. The molecule has 1 rings (SSSR count). The van der Waals surface area contributed by atoms with Crippen LogP contribution in [0.4, 0.5) is 0 Å². The van der Waals surface area contributed by atoms with E-state index in [-0.39, 0.29) is 0 Å². The van der Waals surface area contributed by atoms with E-state index >= 15 is 0 Å². The third kappa shape index (κ3) is 2.24. The van der Waals surface area contributed by atoms with Gasteiger partial charge in [-0.2, -0.15) is 0 Å². The van der Waals surface area contributed by atoms with Gasteiger partial charge in [-0.1, -0.05) is 11.6 Å². The molecule has 1 aromatic rings. The molecule has 0 bridgehead atoms. The van der Waals surface area contributed by atoms with Crippen molar-refractivity contribution in [3.8, 4) is 0 Å². The molecule has 1 aromatic carbocycles. The van der Waals surface area contributed by atoms with Crippen LogP contribution in [0.3, 0.4) is 0 Å². The summed E-state index contributed by atoms with van der Waals surface area (Å²) in [6.45, 7) is 3.73. The Balaban J connectivity index is 2.69. The Kier molecular flexibility index (Phi) is 3.10. The Morgan fingerprint density at radius 3 is 2.40 bits per heavy atom. The van der Waals surface area contributed by atoms with Crippen molar-refractivity contribution >= 4 is 23.4 Å². The highest BCUT2D eigenvalue weighted by atomic mass is 35.5. The molecule has 10 heavy (non-hydrogen) atoms. The van der Waals surface area contributed by atoms with Crippen molar-refractivity contribution in [2.45, 2.75) is 4.90 Å². The predicted octanol–water partition coefficient (Wildman–Crippen LogP) is 3.27. The number of hydrogen-bond acceptors (Lipinski definition) is 1. The standard InChI is InChI=1S/C8H8ClS/c1-2-10-8-5-3-7(9)4-6-8/h3-6H,1-2H2. The number of thioether (sulfide) groups is 1. The van der Waals surface area contributed by atoms with E-state index in [1.165, 1.54) is 4.90 Å². The van der Waals surface area contributed by atoms with Gasteiger partial charge < -0.3 is 0 Å². The zero-order valence-electron chi connectivity index (χ0n) is 5.51. The maximum Gasteiger partial charge on any atom is 0.0406 e. The quantitative estimate of drug-likeness (QED) is 0.616. The Morgan fingerprint density at radius 2 is 1.90 bits per heavy atom. The molecule has 1 radical (unpaired) electrons. The van der Waals surface area contributed by atoms with E-state index in [4.69, 9.17) is 11.6 Å². The average molecular weight is 172 g/mol. The lowest BCUT2D eigenvalue weighted by atomic mass is 10.4. The van der Waals surface area contributed by atoms with Crippen LogP contribution in [0.5, 0.6) is 0 Å². The molecule has 2 heteroatoms. The predicted molar refractivity (Wildman–Crippen MR) is 47.5 cm³/mol. The van der Waals surface area contributed by atoms with Gasteiger partial charge in [0.1, 0.15) is 0 Å². The van der Waals surface area contributed by atoms with Crippen LogP contribution in [0.1, 0.15) is 0 Å². The summed E-state index contributed by atoms with van der Waals surface area (Å²) in [5, 5.41) is 0.786. The van der Waals surface area contributed by atoms with Gasteiger partial charge in [0.15, 0.2) is 0 Å².